The molecule has 2 aromatic rings. The standard InChI is InChI=1S/C21H28N2O4/c1-22(7-8-27-2)11-17-12-23(13-18(17)14-24)21(26)19-9-15-5-3-4-6-16(15)10-20(19)25/h3-6,9-10,17-18,24-25H,7-8,11-14H2,1-2H3. The molecule has 2 N–H and O–H groups in total. The van der Waals surface area contributed by atoms with Crippen LogP contribution < -0.4 is 0 Å². The molecule has 1 fully saturated rings. The molecular weight excluding hydrogens is 344 g/mol. The highest BCUT2D eigenvalue weighted by Gasteiger charge is 2.36. The summed E-state index contributed by atoms with van der Waals surface area (Å²) < 4.78 is 5.11. The van der Waals surface area contributed by atoms with Crippen LogP contribution in [0.1, 0.15) is 10.4 Å². The Morgan fingerprint density at radius 2 is 1.89 bits per heavy atom. The summed E-state index contributed by atoms with van der Waals surface area (Å²) in [4.78, 5) is 16.9. The van der Waals surface area contributed by atoms with Gasteiger partial charge >= 0.3 is 0 Å². The summed E-state index contributed by atoms with van der Waals surface area (Å²) in [5, 5.41) is 21.9. The normalized spacial score (nSPS) is 19.9. The maximum atomic E-state index is 13.0. The van der Waals surface area contributed by atoms with Crippen molar-refractivity contribution >= 4 is 16.7 Å². The molecule has 1 heterocycles. The van der Waals surface area contributed by atoms with Crippen molar-refractivity contribution in [1.82, 2.24) is 9.80 Å². The molecular formula is C21H28N2O4. The van der Waals surface area contributed by atoms with E-state index in [0.717, 1.165) is 23.9 Å². The minimum absolute atomic E-state index is 0.0000823. The second-order valence-corrected chi connectivity index (χ2v) is 7.38. The summed E-state index contributed by atoms with van der Waals surface area (Å²) in [5.74, 6) is 0.0589. The molecule has 146 valence electrons. The largest absolute Gasteiger partial charge is 0.507 e. The Kier molecular flexibility index (Phi) is 6.31. The number of benzene rings is 2. The van der Waals surface area contributed by atoms with Gasteiger partial charge in [0.15, 0.2) is 0 Å². The summed E-state index contributed by atoms with van der Waals surface area (Å²) in [6.07, 6.45) is 0. The van der Waals surface area contributed by atoms with E-state index in [2.05, 4.69) is 4.90 Å². The number of hydrogen-bond acceptors (Lipinski definition) is 5. The number of likely N-dealkylation sites (N-methyl/N-ethyl adjacent to an activating group) is 1. The zero-order chi connectivity index (χ0) is 19.4. The lowest BCUT2D eigenvalue weighted by Gasteiger charge is -2.23. The van der Waals surface area contributed by atoms with Gasteiger partial charge in [0, 0.05) is 45.8 Å². The van der Waals surface area contributed by atoms with Gasteiger partial charge in [-0.15, -0.1) is 0 Å². The lowest BCUT2D eigenvalue weighted by molar-refractivity contribution is 0.0776. The number of phenols is 1. The summed E-state index contributed by atoms with van der Waals surface area (Å²) in [6, 6.07) is 11.0. The van der Waals surface area contributed by atoms with Crippen LogP contribution in [-0.2, 0) is 4.74 Å². The van der Waals surface area contributed by atoms with Gasteiger partial charge in [0.1, 0.15) is 5.75 Å². The highest BCUT2D eigenvalue weighted by atomic mass is 16.5. The fourth-order valence-electron chi connectivity index (χ4n) is 3.83. The zero-order valence-corrected chi connectivity index (χ0v) is 16.0. The molecule has 0 spiro atoms. The molecule has 1 aliphatic heterocycles. The predicted molar refractivity (Wildman–Crippen MR) is 105 cm³/mol. The van der Waals surface area contributed by atoms with Crippen molar-refractivity contribution in [2.24, 2.45) is 11.8 Å². The van der Waals surface area contributed by atoms with Crippen molar-refractivity contribution in [3.8, 4) is 5.75 Å². The Hall–Kier alpha value is -2.15. The van der Waals surface area contributed by atoms with Crippen molar-refractivity contribution in [2.75, 3.05) is 53.6 Å². The maximum Gasteiger partial charge on any atom is 0.257 e. The number of carbonyl (C=O) groups is 1. The fourth-order valence-corrected chi connectivity index (χ4v) is 3.83. The second-order valence-electron chi connectivity index (χ2n) is 7.38. The first-order valence-electron chi connectivity index (χ1n) is 9.32. The number of methoxy groups -OCH3 is 1. The summed E-state index contributed by atoms with van der Waals surface area (Å²) >= 11 is 0. The molecule has 2 unspecified atom stereocenters. The molecule has 0 radical (unpaired) electrons. The molecule has 27 heavy (non-hydrogen) atoms. The highest BCUT2D eigenvalue weighted by Crippen LogP contribution is 2.30. The van der Waals surface area contributed by atoms with Gasteiger partial charge in [-0.05, 0) is 35.9 Å². The van der Waals surface area contributed by atoms with Crippen molar-refractivity contribution in [3.63, 3.8) is 0 Å². The number of carbonyl (C=O) groups excluding carboxylic acids is 1. The number of aromatic hydroxyl groups is 1. The van der Waals surface area contributed by atoms with Crippen LogP contribution in [0.4, 0.5) is 0 Å². The molecule has 2 atom stereocenters. The first-order chi connectivity index (χ1) is 13.0. The van der Waals surface area contributed by atoms with Crippen molar-refractivity contribution in [3.05, 3.63) is 42.0 Å². The number of ether oxygens (including phenoxy) is 1. The summed E-state index contributed by atoms with van der Waals surface area (Å²) in [6.45, 7) is 3.39. The van der Waals surface area contributed by atoms with Crippen LogP contribution in [0.25, 0.3) is 10.8 Å². The number of amides is 1. The van der Waals surface area contributed by atoms with E-state index in [1.165, 1.54) is 0 Å². The van der Waals surface area contributed by atoms with Crippen LogP contribution in [0, 0.1) is 11.8 Å². The first-order valence-corrected chi connectivity index (χ1v) is 9.32. The van der Waals surface area contributed by atoms with E-state index in [9.17, 15) is 15.0 Å². The molecule has 2 aromatic carbocycles. The number of nitrogens with zero attached hydrogens (tertiary/aromatic N) is 2. The van der Waals surface area contributed by atoms with E-state index in [0.29, 0.717) is 25.3 Å². The average molecular weight is 372 g/mol. The van der Waals surface area contributed by atoms with Gasteiger partial charge in [0.25, 0.3) is 5.91 Å². The molecule has 3 rings (SSSR count). The van der Waals surface area contributed by atoms with Crippen LogP contribution in [-0.4, -0.2) is 79.5 Å². The Morgan fingerprint density at radius 1 is 1.22 bits per heavy atom. The third-order valence-corrected chi connectivity index (χ3v) is 5.42. The topological polar surface area (TPSA) is 73.2 Å². The van der Waals surface area contributed by atoms with Crippen LogP contribution in [0.15, 0.2) is 36.4 Å². The monoisotopic (exact) mass is 372 g/mol. The number of rotatable bonds is 7. The number of hydrogen-bond donors (Lipinski definition) is 2. The molecule has 0 saturated carbocycles. The molecule has 0 bridgehead atoms. The van der Waals surface area contributed by atoms with Gasteiger partial charge in [-0.1, -0.05) is 24.3 Å². The lowest BCUT2D eigenvalue weighted by atomic mass is 9.96. The Bertz CT molecular complexity index is 795. The first kappa shape index (κ1) is 19.6. The lowest BCUT2D eigenvalue weighted by Crippen LogP contribution is -2.33. The number of fused-ring (bicyclic) bond motifs is 1. The van der Waals surface area contributed by atoms with E-state index >= 15 is 0 Å². The highest BCUT2D eigenvalue weighted by molar-refractivity contribution is 6.01. The van der Waals surface area contributed by atoms with Gasteiger partial charge in [-0.3, -0.25) is 4.79 Å². The molecule has 6 nitrogen and oxygen atoms in total. The fraction of sp³-hybridized carbons (Fsp3) is 0.476. The Morgan fingerprint density at radius 3 is 2.56 bits per heavy atom. The number of likely N-dealkylation sites (tertiary alicyclic amines) is 1. The summed E-state index contributed by atoms with van der Waals surface area (Å²) in [5.41, 5.74) is 0.318. The van der Waals surface area contributed by atoms with Gasteiger partial charge in [-0.25, -0.2) is 0 Å². The van der Waals surface area contributed by atoms with Crippen LogP contribution >= 0.6 is 0 Å². The molecule has 6 heteroatoms. The van der Waals surface area contributed by atoms with Crippen LogP contribution in [0.3, 0.4) is 0 Å². The number of aliphatic hydroxyl groups is 1. The van der Waals surface area contributed by atoms with E-state index in [1.54, 1.807) is 24.1 Å². The molecule has 1 aliphatic rings. The van der Waals surface area contributed by atoms with Crippen LogP contribution in [0.5, 0.6) is 5.75 Å². The quantitative estimate of drug-likeness (QED) is 0.775. The van der Waals surface area contributed by atoms with Crippen molar-refractivity contribution in [1.29, 1.82) is 0 Å². The molecule has 1 amide bonds. The van der Waals surface area contributed by atoms with E-state index in [1.807, 2.05) is 31.3 Å². The van der Waals surface area contributed by atoms with Gasteiger partial charge in [-0.2, -0.15) is 0 Å². The van der Waals surface area contributed by atoms with Crippen LogP contribution in [0.2, 0.25) is 0 Å². The van der Waals surface area contributed by atoms with Gasteiger partial charge in [0.05, 0.1) is 12.2 Å². The summed E-state index contributed by atoms with van der Waals surface area (Å²) in [7, 11) is 3.70. The molecule has 1 saturated heterocycles. The Balaban J connectivity index is 1.74. The zero-order valence-electron chi connectivity index (χ0n) is 16.0. The third kappa shape index (κ3) is 4.40. The van der Waals surface area contributed by atoms with E-state index in [-0.39, 0.29) is 30.1 Å². The predicted octanol–water partition coefficient (Wildman–Crippen LogP) is 1.80. The SMILES string of the molecule is COCCN(C)CC1CN(C(=O)c2cc3ccccc3cc2O)CC1CO. The third-order valence-electron chi connectivity index (χ3n) is 5.42. The molecule has 0 aliphatic carbocycles. The average Bonchev–Trinajstić information content (AvgIpc) is 3.08. The van der Waals surface area contributed by atoms with E-state index in [4.69, 9.17) is 4.74 Å². The smallest absolute Gasteiger partial charge is 0.257 e. The second kappa shape index (κ2) is 8.69. The Labute approximate surface area is 160 Å². The minimum atomic E-state index is -0.182. The molecule has 0 aromatic heterocycles. The van der Waals surface area contributed by atoms with E-state index < -0.39 is 0 Å². The number of phenolic OH excluding ortho intramolecular Hbond substituents is 1. The van der Waals surface area contributed by atoms with Gasteiger partial charge < -0.3 is 24.7 Å². The van der Waals surface area contributed by atoms with Gasteiger partial charge in [0.2, 0.25) is 0 Å². The number of aliphatic hydroxyl groups excluding tert-OH is 1. The minimum Gasteiger partial charge on any atom is -0.507 e. The maximum absolute atomic E-state index is 13.0. The van der Waals surface area contributed by atoms with Crippen molar-refractivity contribution in [2.45, 2.75) is 0 Å². The van der Waals surface area contributed by atoms with Crippen molar-refractivity contribution < 1.29 is 19.7 Å².